The zero-order valence-corrected chi connectivity index (χ0v) is 16.9. The number of carbonyl (C=O) groups excluding carboxylic acids is 1. The molecule has 0 atom stereocenters. The molecule has 0 saturated carbocycles. The van der Waals surface area contributed by atoms with Crippen LogP contribution in [0.3, 0.4) is 0 Å². The number of amides is 1. The van der Waals surface area contributed by atoms with Gasteiger partial charge in [-0.25, -0.2) is 4.98 Å². The quantitative estimate of drug-likeness (QED) is 0.325. The maximum Gasteiger partial charge on any atom is 0.232 e. The second-order valence-electron chi connectivity index (χ2n) is 7.14. The summed E-state index contributed by atoms with van der Waals surface area (Å²) in [5, 5.41) is 2.70. The number of anilines is 1. The third-order valence-electron chi connectivity index (χ3n) is 4.30. The van der Waals surface area contributed by atoms with Gasteiger partial charge < -0.3 is 9.26 Å². The molecule has 2 heterocycles. The Morgan fingerprint density at radius 3 is 2.68 bits per heavy atom. The van der Waals surface area contributed by atoms with Crippen molar-refractivity contribution in [2.45, 2.75) is 45.3 Å². The highest BCUT2D eigenvalue weighted by Gasteiger charge is 2.36. The number of imidazole rings is 1. The van der Waals surface area contributed by atoms with Gasteiger partial charge in [0, 0.05) is 13.0 Å². The smallest absolute Gasteiger partial charge is 0.232 e. The molecular weight excluding hydrogens is 362 g/mol. The molecule has 0 spiro atoms. The Hall–Kier alpha value is -1.71. The average Bonchev–Trinajstić information content (AvgIpc) is 2.90. The normalized spacial score (nSPS) is 12.4. The number of nitrogens with zero attached hydrogens (tertiary/aromatic N) is 4. The highest BCUT2D eigenvalue weighted by Crippen LogP contribution is 2.36. The van der Waals surface area contributed by atoms with Gasteiger partial charge in [-0.15, -0.1) is 0 Å². The first-order chi connectivity index (χ1) is 11.7. The van der Waals surface area contributed by atoms with Gasteiger partial charge in [-0.3, -0.25) is 10.1 Å². The third-order valence-corrected chi connectivity index (χ3v) is 9.10. The highest BCUT2D eigenvalue weighted by atomic mass is 35.5. The second kappa shape index (κ2) is 7.67. The Kier molecular flexibility index (Phi) is 6.02. The van der Waals surface area contributed by atoms with E-state index in [9.17, 15) is 4.79 Å². The number of hydrogen-bond acceptors (Lipinski definition) is 6. The minimum atomic E-state index is -1.74. The van der Waals surface area contributed by atoms with Gasteiger partial charge in [-0.2, -0.15) is 14.7 Å². The van der Waals surface area contributed by atoms with Crippen LogP contribution in [0, 0.1) is 0 Å². The largest absolute Gasteiger partial charge is 0.417 e. The van der Waals surface area contributed by atoms with Crippen molar-refractivity contribution < 1.29 is 14.1 Å². The lowest BCUT2D eigenvalue weighted by Gasteiger charge is -2.36. The lowest BCUT2D eigenvalue weighted by Crippen LogP contribution is -2.41. The Labute approximate surface area is 153 Å². The minimum absolute atomic E-state index is 0.0964. The summed E-state index contributed by atoms with van der Waals surface area (Å²) >= 11 is 6.03. The van der Waals surface area contributed by atoms with E-state index in [2.05, 4.69) is 54.1 Å². The highest BCUT2D eigenvalue weighted by molar-refractivity contribution is 6.74. The molecule has 2 aromatic heterocycles. The number of carbonyl (C=O) groups is 1. The Morgan fingerprint density at radius 1 is 1.32 bits per heavy atom. The van der Waals surface area contributed by atoms with E-state index in [0.717, 1.165) is 6.42 Å². The van der Waals surface area contributed by atoms with Crippen LogP contribution in [0.2, 0.25) is 23.3 Å². The fourth-order valence-electron chi connectivity index (χ4n) is 1.82. The molecule has 0 unspecified atom stereocenters. The summed E-state index contributed by atoms with van der Waals surface area (Å²) in [6.07, 6.45) is 2.70. The van der Waals surface area contributed by atoms with Gasteiger partial charge in [0.05, 0.1) is 0 Å². The number of aromatic nitrogens is 4. The van der Waals surface area contributed by atoms with Gasteiger partial charge in [0.15, 0.2) is 13.5 Å². The SMILES string of the molecule is CC(C)(C)[Si](C)(C)OCCCOn1cnc2c(Cl)nc(NC=O)nc21. The summed E-state index contributed by atoms with van der Waals surface area (Å²) in [4.78, 5) is 28.4. The number of rotatable bonds is 8. The lowest BCUT2D eigenvalue weighted by molar-refractivity contribution is -0.105. The number of hydrogen-bond donors (Lipinski definition) is 1. The third kappa shape index (κ3) is 4.68. The molecule has 25 heavy (non-hydrogen) atoms. The number of nitrogens with one attached hydrogen (secondary N) is 1. The van der Waals surface area contributed by atoms with Crippen LogP contribution >= 0.6 is 11.6 Å². The van der Waals surface area contributed by atoms with E-state index in [0.29, 0.717) is 30.8 Å². The van der Waals surface area contributed by atoms with Crippen LogP contribution in [0.1, 0.15) is 27.2 Å². The van der Waals surface area contributed by atoms with E-state index in [1.165, 1.54) is 11.1 Å². The maximum absolute atomic E-state index is 10.5. The van der Waals surface area contributed by atoms with Crippen molar-refractivity contribution in [3.63, 3.8) is 0 Å². The Balaban J connectivity index is 1.94. The van der Waals surface area contributed by atoms with Crippen molar-refractivity contribution in [3.8, 4) is 0 Å². The van der Waals surface area contributed by atoms with Crippen molar-refractivity contribution in [3.05, 3.63) is 11.5 Å². The molecule has 10 heteroatoms. The fourth-order valence-corrected chi connectivity index (χ4v) is 3.12. The van der Waals surface area contributed by atoms with Crippen LogP contribution in [-0.4, -0.2) is 47.6 Å². The van der Waals surface area contributed by atoms with Crippen molar-refractivity contribution in [1.82, 2.24) is 19.7 Å². The molecule has 8 nitrogen and oxygen atoms in total. The van der Waals surface area contributed by atoms with E-state index in [4.69, 9.17) is 20.9 Å². The number of fused-ring (bicyclic) bond motifs is 1. The van der Waals surface area contributed by atoms with Gasteiger partial charge in [0.2, 0.25) is 18.0 Å². The zero-order valence-electron chi connectivity index (χ0n) is 15.2. The topological polar surface area (TPSA) is 91.2 Å². The van der Waals surface area contributed by atoms with Crippen LogP contribution in [0.25, 0.3) is 11.2 Å². The van der Waals surface area contributed by atoms with Crippen molar-refractivity contribution in [2.75, 3.05) is 18.5 Å². The Bertz CT molecular complexity index is 745. The average molecular weight is 386 g/mol. The standard InChI is InChI=1S/C15H24ClN5O3Si/c1-15(2,3)25(4,5)24-8-6-7-23-21-9-17-11-12(16)19-14(18-10-22)20-13(11)21/h9-10H,6-8H2,1-5H3,(H,18,19,20,22). The fraction of sp³-hybridized carbons (Fsp3) is 0.600. The van der Waals surface area contributed by atoms with Crippen molar-refractivity contribution in [1.29, 1.82) is 0 Å². The first-order valence-corrected chi connectivity index (χ1v) is 11.3. The molecule has 0 aliphatic heterocycles. The van der Waals surface area contributed by atoms with Gasteiger partial charge in [0.25, 0.3) is 0 Å². The van der Waals surface area contributed by atoms with Gasteiger partial charge in [0.1, 0.15) is 18.5 Å². The monoisotopic (exact) mass is 385 g/mol. The summed E-state index contributed by atoms with van der Waals surface area (Å²) < 4.78 is 7.53. The van der Waals surface area contributed by atoms with E-state index in [-0.39, 0.29) is 16.1 Å². The molecule has 0 aliphatic rings. The minimum Gasteiger partial charge on any atom is -0.417 e. The predicted molar refractivity (Wildman–Crippen MR) is 99.2 cm³/mol. The van der Waals surface area contributed by atoms with Crippen LogP contribution in [0.5, 0.6) is 0 Å². The van der Waals surface area contributed by atoms with E-state index in [1.54, 1.807) is 0 Å². The molecule has 0 bridgehead atoms. The molecule has 0 radical (unpaired) electrons. The van der Waals surface area contributed by atoms with Gasteiger partial charge in [-0.1, -0.05) is 32.4 Å². The summed E-state index contributed by atoms with van der Waals surface area (Å²) in [6.45, 7) is 12.1. The van der Waals surface area contributed by atoms with E-state index < -0.39 is 8.32 Å². The van der Waals surface area contributed by atoms with E-state index in [1.807, 2.05) is 0 Å². The molecule has 2 rings (SSSR count). The first-order valence-electron chi connectivity index (χ1n) is 8.04. The molecule has 1 amide bonds. The summed E-state index contributed by atoms with van der Waals surface area (Å²) in [7, 11) is -1.74. The molecule has 0 saturated heterocycles. The van der Waals surface area contributed by atoms with Crippen LogP contribution in [0.4, 0.5) is 5.95 Å². The molecule has 138 valence electrons. The summed E-state index contributed by atoms with van der Waals surface area (Å²) in [6, 6.07) is 0. The van der Waals surface area contributed by atoms with Crippen LogP contribution < -0.4 is 10.2 Å². The molecule has 1 N–H and O–H groups in total. The van der Waals surface area contributed by atoms with Crippen molar-refractivity contribution >= 4 is 43.4 Å². The Morgan fingerprint density at radius 2 is 2.04 bits per heavy atom. The van der Waals surface area contributed by atoms with Gasteiger partial charge >= 0.3 is 0 Å². The predicted octanol–water partition coefficient (Wildman–Crippen LogP) is 2.89. The number of halogens is 1. The van der Waals surface area contributed by atoms with Gasteiger partial charge in [-0.05, 0) is 18.1 Å². The van der Waals surface area contributed by atoms with Crippen molar-refractivity contribution in [2.24, 2.45) is 0 Å². The summed E-state index contributed by atoms with van der Waals surface area (Å²) in [5.41, 5.74) is 0.810. The van der Waals surface area contributed by atoms with E-state index >= 15 is 0 Å². The van der Waals surface area contributed by atoms with Crippen LogP contribution in [-0.2, 0) is 9.22 Å². The molecule has 0 fully saturated rings. The molecular formula is C15H24ClN5O3Si. The summed E-state index contributed by atoms with van der Waals surface area (Å²) in [5.74, 6) is 0.0964. The van der Waals surface area contributed by atoms with Crippen LogP contribution in [0.15, 0.2) is 6.33 Å². The molecule has 0 aromatic carbocycles. The molecule has 0 aliphatic carbocycles. The molecule has 2 aromatic rings. The zero-order chi connectivity index (χ0) is 18.7. The first kappa shape index (κ1) is 19.6. The lowest BCUT2D eigenvalue weighted by atomic mass is 10.2. The maximum atomic E-state index is 10.5. The second-order valence-corrected chi connectivity index (χ2v) is 12.3.